The fourth-order valence-electron chi connectivity index (χ4n) is 4.48. The number of hydrogen-bond donors (Lipinski definition) is 3. The van der Waals surface area contributed by atoms with Crippen molar-refractivity contribution >= 4 is 34.4 Å². The zero-order valence-electron chi connectivity index (χ0n) is 19.3. The second kappa shape index (κ2) is 10.4. The standard InChI is InChI=1S/C25H27FN4O4S/c1-33-17-9-18-14(6-7-27-24(18)19(26)10-17)8-20(31)21-4-2-16(12-34-21)28-11-15-3-5-22-25(29-15)30-23(32)13-35-22/h3,5-7,9-10,16,20-21,28,31H,2,4,8,11-13H2,1H3,(H,29,30,32)/t16-,20+,21+/m1/s1. The summed E-state index contributed by atoms with van der Waals surface area (Å²) in [5.74, 6) is 0.967. The summed E-state index contributed by atoms with van der Waals surface area (Å²) < 4.78 is 25.6. The normalized spacial score (nSPS) is 20.8. The highest BCUT2D eigenvalue weighted by Crippen LogP contribution is 2.30. The Morgan fingerprint density at radius 3 is 3.03 bits per heavy atom. The third-order valence-electron chi connectivity index (χ3n) is 6.37. The number of fused-ring (bicyclic) bond motifs is 2. The van der Waals surface area contributed by atoms with E-state index in [0.717, 1.165) is 22.6 Å². The lowest BCUT2D eigenvalue weighted by Crippen LogP contribution is -2.44. The van der Waals surface area contributed by atoms with Crippen LogP contribution < -0.4 is 15.4 Å². The van der Waals surface area contributed by atoms with Crippen molar-refractivity contribution in [2.75, 3.05) is 24.8 Å². The van der Waals surface area contributed by atoms with Crippen LogP contribution in [-0.2, 0) is 22.5 Å². The van der Waals surface area contributed by atoms with Gasteiger partial charge in [0.25, 0.3) is 0 Å². The molecule has 2 aromatic heterocycles. The summed E-state index contributed by atoms with van der Waals surface area (Å²) >= 11 is 1.49. The molecule has 35 heavy (non-hydrogen) atoms. The molecular weight excluding hydrogens is 471 g/mol. The molecule has 10 heteroatoms. The molecule has 3 atom stereocenters. The van der Waals surface area contributed by atoms with E-state index in [9.17, 15) is 14.3 Å². The van der Waals surface area contributed by atoms with E-state index >= 15 is 0 Å². The number of amides is 1. The van der Waals surface area contributed by atoms with Gasteiger partial charge in [-0.05, 0) is 42.7 Å². The number of nitrogens with one attached hydrogen (secondary N) is 2. The summed E-state index contributed by atoms with van der Waals surface area (Å²) in [6, 6.07) is 8.93. The Bertz CT molecular complexity index is 1240. The molecule has 4 heterocycles. The van der Waals surface area contributed by atoms with Gasteiger partial charge < -0.3 is 25.2 Å². The maximum absolute atomic E-state index is 14.4. The highest BCUT2D eigenvalue weighted by atomic mass is 32.2. The first kappa shape index (κ1) is 23.9. The predicted molar refractivity (Wildman–Crippen MR) is 131 cm³/mol. The number of ether oxygens (including phenoxy) is 2. The highest BCUT2D eigenvalue weighted by molar-refractivity contribution is 8.00. The van der Waals surface area contributed by atoms with Crippen molar-refractivity contribution in [1.29, 1.82) is 0 Å². The summed E-state index contributed by atoms with van der Waals surface area (Å²) in [5, 5.41) is 17.8. The molecule has 2 aliphatic rings. The van der Waals surface area contributed by atoms with E-state index in [1.165, 1.54) is 24.9 Å². The average Bonchev–Trinajstić information content (AvgIpc) is 2.87. The first-order valence-electron chi connectivity index (χ1n) is 11.6. The third-order valence-corrected chi connectivity index (χ3v) is 7.42. The maximum atomic E-state index is 14.4. The Kier molecular flexibility index (Phi) is 7.14. The van der Waals surface area contributed by atoms with Gasteiger partial charge >= 0.3 is 0 Å². The number of aliphatic hydroxyl groups excluding tert-OH is 1. The van der Waals surface area contributed by atoms with E-state index in [1.807, 2.05) is 12.1 Å². The number of carbonyl (C=O) groups is 1. The molecule has 1 fully saturated rings. The van der Waals surface area contributed by atoms with Gasteiger partial charge in [-0.15, -0.1) is 11.8 Å². The number of carbonyl (C=O) groups excluding carboxylic acids is 1. The minimum absolute atomic E-state index is 0.0329. The SMILES string of the molecule is COc1cc(F)c2nccc(C[C@H](O)[C@@H]3CC[C@@H](NCc4ccc5c(n4)NC(=O)CS5)CO3)c2c1. The van der Waals surface area contributed by atoms with Crippen molar-refractivity contribution in [1.82, 2.24) is 15.3 Å². The number of halogens is 1. The van der Waals surface area contributed by atoms with Crippen LogP contribution in [0.3, 0.4) is 0 Å². The van der Waals surface area contributed by atoms with Crippen LogP contribution in [0.1, 0.15) is 24.1 Å². The van der Waals surface area contributed by atoms with Gasteiger partial charge in [-0.2, -0.15) is 0 Å². The van der Waals surface area contributed by atoms with Gasteiger partial charge in [0.15, 0.2) is 5.82 Å². The van der Waals surface area contributed by atoms with E-state index in [-0.39, 0.29) is 23.6 Å². The van der Waals surface area contributed by atoms with E-state index in [0.29, 0.717) is 48.7 Å². The molecule has 3 N–H and O–H groups in total. The number of rotatable bonds is 7. The number of anilines is 1. The molecule has 0 spiro atoms. The first-order valence-corrected chi connectivity index (χ1v) is 12.6. The van der Waals surface area contributed by atoms with E-state index in [4.69, 9.17) is 9.47 Å². The largest absolute Gasteiger partial charge is 0.497 e. The van der Waals surface area contributed by atoms with Crippen LogP contribution in [0.4, 0.5) is 10.2 Å². The van der Waals surface area contributed by atoms with Gasteiger partial charge in [0.1, 0.15) is 17.1 Å². The first-order chi connectivity index (χ1) is 17.0. The van der Waals surface area contributed by atoms with Crippen molar-refractivity contribution in [2.24, 2.45) is 0 Å². The van der Waals surface area contributed by atoms with Crippen LogP contribution in [-0.4, -0.2) is 58.7 Å². The van der Waals surface area contributed by atoms with Crippen molar-refractivity contribution in [3.63, 3.8) is 0 Å². The molecule has 5 rings (SSSR count). The Balaban J connectivity index is 1.16. The molecule has 184 valence electrons. The van der Waals surface area contributed by atoms with Gasteiger partial charge in [-0.1, -0.05) is 0 Å². The third kappa shape index (κ3) is 5.40. The van der Waals surface area contributed by atoms with Crippen LogP contribution in [0.5, 0.6) is 5.75 Å². The molecule has 0 bridgehead atoms. The van der Waals surface area contributed by atoms with Crippen LogP contribution in [0, 0.1) is 5.82 Å². The second-order valence-electron chi connectivity index (χ2n) is 8.76. The van der Waals surface area contributed by atoms with Gasteiger partial charge in [0.05, 0.1) is 42.3 Å². The molecule has 8 nitrogen and oxygen atoms in total. The summed E-state index contributed by atoms with van der Waals surface area (Å²) in [7, 11) is 1.49. The fourth-order valence-corrected chi connectivity index (χ4v) is 5.24. The minimum Gasteiger partial charge on any atom is -0.497 e. The number of pyridine rings is 2. The number of nitrogens with zero attached hydrogens (tertiary/aromatic N) is 2. The lowest BCUT2D eigenvalue weighted by Gasteiger charge is -2.32. The smallest absolute Gasteiger partial charge is 0.235 e. The molecule has 0 unspecified atom stereocenters. The lowest BCUT2D eigenvalue weighted by molar-refractivity contribution is -0.113. The fraction of sp³-hybridized carbons (Fsp3) is 0.400. The molecule has 1 saturated heterocycles. The average molecular weight is 499 g/mol. The van der Waals surface area contributed by atoms with Gasteiger partial charge in [-0.25, -0.2) is 9.37 Å². The molecule has 1 aromatic carbocycles. The number of aliphatic hydroxyl groups is 1. The molecule has 2 aliphatic heterocycles. The number of thioether (sulfide) groups is 1. The van der Waals surface area contributed by atoms with Gasteiger partial charge in [0.2, 0.25) is 5.91 Å². The summed E-state index contributed by atoms with van der Waals surface area (Å²) in [4.78, 5) is 21.3. The lowest BCUT2D eigenvalue weighted by atomic mass is 9.95. The molecule has 1 amide bonds. The van der Waals surface area contributed by atoms with Crippen molar-refractivity contribution in [3.8, 4) is 5.75 Å². The summed E-state index contributed by atoms with van der Waals surface area (Å²) in [6.45, 7) is 1.03. The Labute approximate surface area is 206 Å². The molecular formula is C25H27FN4O4S. The Morgan fingerprint density at radius 2 is 2.23 bits per heavy atom. The number of aromatic nitrogens is 2. The van der Waals surface area contributed by atoms with E-state index < -0.39 is 11.9 Å². The van der Waals surface area contributed by atoms with Crippen molar-refractivity contribution < 1.29 is 23.8 Å². The number of benzene rings is 1. The van der Waals surface area contributed by atoms with Crippen LogP contribution in [0.25, 0.3) is 10.9 Å². The summed E-state index contributed by atoms with van der Waals surface area (Å²) in [6.07, 6.45) is 2.40. The Hall–Kier alpha value is -2.79. The molecule has 3 aromatic rings. The minimum atomic E-state index is -0.723. The predicted octanol–water partition coefficient (Wildman–Crippen LogP) is 3.06. The Morgan fingerprint density at radius 1 is 1.34 bits per heavy atom. The quantitative estimate of drug-likeness (QED) is 0.457. The van der Waals surface area contributed by atoms with Crippen LogP contribution in [0.2, 0.25) is 0 Å². The number of methoxy groups -OCH3 is 1. The van der Waals surface area contributed by atoms with Crippen LogP contribution >= 0.6 is 11.8 Å². The monoisotopic (exact) mass is 498 g/mol. The van der Waals surface area contributed by atoms with Gasteiger partial charge in [0, 0.05) is 36.7 Å². The molecule has 0 radical (unpaired) electrons. The van der Waals surface area contributed by atoms with E-state index in [2.05, 4.69) is 20.6 Å². The second-order valence-corrected chi connectivity index (χ2v) is 9.78. The zero-order chi connectivity index (χ0) is 24.4. The van der Waals surface area contributed by atoms with Crippen LogP contribution in [0.15, 0.2) is 41.4 Å². The maximum Gasteiger partial charge on any atom is 0.235 e. The van der Waals surface area contributed by atoms with Crippen molar-refractivity contribution in [2.45, 2.75) is 49.0 Å². The zero-order valence-corrected chi connectivity index (χ0v) is 20.1. The molecule has 0 aliphatic carbocycles. The summed E-state index contributed by atoms with van der Waals surface area (Å²) in [5.41, 5.74) is 1.91. The number of hydrogen-bond acceptors (Lipinski definition) is 8. The van der Waals surface area contributed by atoms with Crippen molar-refractivity contribution in [3.05, 3.63) is 53.6 Å². The highest BCUT2D eigenvalue weighted by Gasteiger charge is 2.28. The molecule has 0 saturated carbocycles. The topological polar surface area (TPSA) is 106 Å². The van der Waals surface area contributed by atoms with E-state index in [1.54, 1.807) is 18.3 Å². The van der Waals surface area contributed by atoms with Gasteiger partial charge in [-0.3, -0.25) is 9.78 Å².